The van der Waals surface area contributed by atoms with Crippen molar-refractivity contribution in [3.63, 3.8) is 0 Å². The number of fused-ring (bicyclic) bond motifs is 3. The predicted molar refractivity (Wildman–Crippen MR) is 110 cm³/mol. The quantitative estimate of drug-likeness (QED) is 0.671. The molecule has 3 aromatic rings. The predicted octanol–water partition coefficient (Wildman–Crippen LogP) is 3.63. The molecule has 0 saturated heterocycles. The first kappa shape index (κ1) is 18.2. The van der Waals surface area contributed by atoms with Crippen LogP contribution in [0.1, 0.15) is 56.8 Å². The van der Waals surface area contributed by atoms with Crippen LogP contribution in [0, 0.1) is 23.2 Å². The van der Waals surface area contributed by atoms with Crippen molar-refractivity contribution in [2.45, 2.75) is 57.4 Å². The van der Waals surface area contributed by atoms with Gasteiger partial charge in [-0.2, -0.15) is 5.26 Å². The molecule has 0 aliphatic heterocycles. The van der Waals surface area contributed by atoms with Gasteiger partial charge in [-0.1, -0.05) is 0 Å². The van der Waals surface area contributed by atoms with Gasteiger partial charge in [0, 0.05) is 30.6 Å². The van der Waals surface area contributed by atoms with Gasteiger partial charge >= 0.3 is 0 Å². The smallest absolute Gasteiger partial charge is 0.227 e. The first-order chi connectivity index (χ1) is 14.2. The lowest BCUT2D eigenvalue weighted by molar-refractivity contribution is -0.120. The molecular formula is C22H26N6O. The van der Waals surface area contributed by atoms with Gasteiger partial charge in [-0.05, 0) is 56.4 Å². The van der Waals surface area contributed by atoms with Crippen molar-refractivity contribution < 1.29 is 4.79 Å². The van der Waals surface area contributed by atoms with E-state index in [0.29, 0.717) is 30.7 Å². The topological polar surface area (TPSA) is 99.4 Å². The Morgan fingerprint density at radius 3 is 2.79 bits per heavy atom. The molecule has 1 amide bonds. The number of rotatable bonds is 6. The molecule has 150 valence electrons. The molecule has 0 radical (unpaired) electrons. The molecule has 0 aromatic carbocycles. The lowest BCUT2D eigenvalue weighted by Crippen LogP contribution is -2.29. The van der Waals surface area contributed by atoms with Gasteiger partial charge in [0.15, 0.2) is 0 Å². The van der Waals surface area contributed by atoms with Crippen LogP contribution in [0.2, 0.25) is 0 Å². The zero-order valence-electron chi connectivity index (χ0n) is 16.5. The maximum atomic E-state index is 12.6. The van der Waals surface area contributed by atoms with Crippen LogP contribution in [0.5, 0.6) is 0 Å². The fourth-order valence-corrected chi connectivity index (χ4v) is 4.68. The molecule has 0 spiro atoms. The van der Waals surface area contributed by atoms with E-state index in [9.17, 15) is 4.79 Å². The number of carbonyl (C=O) groups is 1. The second-order valence-corrected chi connectivity index (χ2v) is 8.59. The maximum absolute atomic E-state index is 12.6. The number of nitrogens with zero attached hydrogens (tertiary/aromatic N) is 4. The number of H-pyrrole nitrogens is 1. The molecule has 7 nitrogen and oxygen atoms in total. The monoisotopic (exact) mass is 390 g/mol. The van der Waals surface area contributed by atoms with E-state index in [1.807, 2.05) is 12.3 Å². The van der Waals surface area contributed by atoms with Gasteiger partial charge in [0.25, 0.3) is 0 Å². The average Bonchev–Trinajstić information content (AvgIpc) is 3.30. The number of aromatic amines is 1. The van der Waals surface area contributed by atoms with Crippen molar-refractivity contribution >= 4 is 28.0 Å². The van der Waals surface area contributed by atoms with Gasteiger partial charge in [-0.15, -0.1) is 0 Å². The van der Waals surface area contributed by atoms with E-state index < -0.39 is 0 Å². The number of imidazole rings is 1. The Bertz CT molecular complexity index is 1080. The molecule has 5 rings (SSSR count). The van der Waals surface area contributed by atoms with Crippen molar-refractivity contribution in [2.75, 3.05) is 6.54 Å². The van der Waals surface area contributed by atoms with E-state index in [-0.39, 0.29) is 5.91 Å². The summed E-state index contributed by atoms with van der Waals surface area (Å²) in [6.45, 7) is 0.780. The third-order valence-electron chi connectivity index (χ3n) is 6.47. The molecule has 2 N–H and O–H groups in total. The standard InChI is InChI=1S/C22H26N6O/c23-9-7-14-3-5-16(6-4-14)28-19(11-20(29)25-12-15-1-2-15)27-18-13-26-22-17(21(18)28)8-10-24-22/h8,10,13-16H,1-7,11-12H2,(H,24,26)(H,25,29)/t14-,16-. The first-order valence-electron chi connectivity index (χ1n) is 10.7. The SMILES string of the molecule is N#CC[C@H]1CC[C@H](n2c(CC(=O)NCC3CC3)nc3cnc4[nH]ccc4c32)CC1. The number of hydrogen-bond donors (Lipinski definition) is 2. The average molecular weight is 390 g/mol. The van der Waals surface area contributed by atoms with E-state index in [0.717, 1.165) is 60.1 Å². The van der Waals surface area contributed by atoms with E-state index in [2.05, 4.69) is 25.9 Å². The number of hydrogen-bond acceptors (Lipinski definition) is 4. The highest BCUT2D eigenvalue weighted by atomic mass is 16.1. The maximum Gasteiger partial charge on any atom is 0.227 e. The Morgan fingerprint density at radius 2 is 2.03 bits per heavy atom. The molecule has 3 aromatic heterocycles. The molecule has 2 aliphatic carbocycles. The van der Waals surface area contributed by atoms with Crippen LogP contribution in [0.25, 0.3) is 22.1 Å². The van der Waals surface area contributed by atoms with Gasteiger partial charge in [0.05, 0.1) is 24.2 Å². The van der Waals surface area contributed by atoms with Crippen LogP contribution in [0.3, 0.4) is 0 Å². The van der Waals surface area contributed by atoms with Crippen molar-refractivity contribution in [3.05, 3.63) is 24.3 Å². The highest BCUT2D eigenvalue weighted by Crippen LogP contribution is 2.38. The molecule has 2 aliphatic rings. The number of nitrogens with one attached hydrogen (secondary N) is 2. The fraction of sp³-hybridized carbons (Fsp3) is 0.545. The molecule has 0 unspecified atom stereocenters. The summed E-state index contributed by atoms with van der Waals surface area (Å²) in [7, 11) is 0. The van der Waals surface area contributed by atoms with Crippen molar-refractivity contribution in [1.29, 1.82) is 5.26 Å². The number of aromatic nitrogens is 4. The van der Waals surface area contributed by atoms with Gasteiger partial charge in [0.2, 0.25) is 5.91 Å². The van der Waals surface area contributed by atoms with Gasteiger partial charge in [-0.25, -0.2) is 9.97 Å². The van der Waals surface area contributed by atoms with Crippen molar-refractivity contribution in [3.8, 4) is 6.07 Å². The summed E-state index contributed by atoms with van der Waals surface area (Å²) in [6.07, 6.45) is 11.2. The van der Waals surface area contributed by atoms with Gasteiger partial charge < -0.3 is 14.9 Å². The number of amides is 1. The summed E-state index contributed by atoms with van der Waals surface area (Å²) in [5.41, 5.74) is 2.77. The molecular weight excluding hydrogens is 364 g/mol. The minimum absolute atomic E-state index is 0.0462. The van der Waals surface area contributed by atoms with E-state index in [1.54, 1.807) is 6.20 Å². The summed E-state index contributed by atoms with van der Waals surface area (Å²) >= 11 is 0. The van der Waals surface area contributed by atoms with Gasteiger partial charge in [0.1, 0.15) is 17.0 Å². The summed E-state index contributed by atoms with van der Waals surface area (Å²) in [5, 5.41) is 13.1. The first-order valence-corrected chi connectivity index (χ1v) is 10.7. The Hall–Kier alpha value is -2.88. The molecule has 0 bridgehead atoms. The largest absolute Gasteiger partial charge is 0.355 e. The van der Waals surface area contributed by atoms with Crippen LogP contribution in [-0.4, -0.2) is 32.0 Å². The Kier molecular flexibility index (Phi) is 4.70. The summed E-state index contributed by atoms with van der Waals surface area (Å²) < 4.78 is 2.30. The fourth-order valence-electron chi connectivity index (χ4n) is 4.68. The number of carbonyl (C=O) groups excluding carboxylic acids is 1. The molecule has 2 fully saturated rings. The highest BCUT2D eigenvalue weighted by Gasteiger charge is 2.28. The number of pyridine rings is 1. The zero-order valence-corrected chi connectivity index (χ0v) is 16.5. The second kappa shape index (κ2) is 7.51. The third-order valence-corrected chi connectivity index (χ3v) is 6.47. The Labute approximate surface area is 169 Å². The normalized spacial score (nSPS) is 22.0. The van der Waals surface area contributed by atoms with Crippen molar-refractivity contribution in [1.82, 2.24) is 24.8 Å². The minimum atomic E-state index is 0.0462. The molecule has 3 heterocycles. The molecule has 2 saturated carbocycles. The van der Waals surface area contributed by atoms with Gasteiger partial charge in [-0.3, -0.25) is 4.79 Å². The number of nitriles is 1. The zero-order chi connectivity index (χ0) is 19.8. The Morgan fingerprint density at radius 1 is 1.24 bits per heavy atom. The summed E-state index contributed by atoms with van der Waals surface area (Å²) in [5.74, 6) is 2.03. The van der Waals surface area contributed by atoms with Crippen LogP contribution < -0.4 is 5.32 Å². The summed E-state index contributed by atoms with van der Waals surface area (Å²) in [6, 6.07) is 4.67. The van der Waals surface area contributed by atoms with E-state index >= 15 is 0 Å². The molecule has 0 atom stereocenters. The lowest BCUT2D eigenvalue weighted by atomic mass is 9.84. The van der Waals surface area contributed by atoms with Crippen LogP contribution in [-0.2, 0) is 11.2 Å². The lowest BCUT2D eigenvalue weighted by Gasteiger charge is -2.30. The van der Waals surface area contributed by atoms with E-state index in [1.165, 1.54) is 12.8 Å². The van der Waals surface area contributed by atoms with Crippen LogP contribution >= 0.6 is 0 Å². The van der Waals surface area contributed by atoms with Crippen LogP contribution in [0.15, 0.2) is 18.5 Å². The minimum Gasteiger partial charge on any atom is -0.355 e. The summed E-state index contributed by atoms with van der Waals surface area (Å²) in [4.78, 5) is 25.1. The second-order valence-electron chi connectivity index (χ2n) is 8.59. The Balaban J connectivity index is 1.49. The molecule has 29 heavy (non-hydrogen) atoms. The van der Waals surface area contributed by atoms with Crippen LogP contribution in [0.4, 0.5) is 0 Å². The van der Waals surface area contributed by atoms with E-state index in [4.69, 9.17) is 10.2 Å². The molecule has 7 heteroatoms. The highest BCUT2D eigenvalue weighted by molar-refractivity contribution is 6.01. The third kappa shape index (κ3) is 3.59. The van der Waals surface area contributed by atoms with Crippen molar-refractivity contribution in [2.24, 2.45) is 11.8 Å².